The lowest BCUT2D eigenvalue weighted by Gasteiger charge is -2.28. The Balaban J connectivity index is 1.55. The molecule has 0 saturated carbocycles. The van der Waals surface area contributed by atoms with Crippen LogP contribution < -0.4 is 10.1 Å². The fourth-order valence-corrected chi connectivity index (χ4v) is 3.81. The number of alkyl halides is 1. The minimum atomic E-state index is -1.74. The lowest BCUT2D eigenvalue weighted by molar-refractivity contribution is -0.0256. The lowest BCUT2D eigenvalue weighted by Crippen LogP contribution is -2.44. The second-order valence-electron chi connectivity index (χ2n) is 8.37. The van der Waals surface area contributed by atoms with Gasteiger partial charge in [-0.15, -0.1) is 0 Å². The minimum absolute atomic E-state index is 0.112. The summed E-state index contributed by atoms with van der Waals surface area (Å²) < 4.78 is 18.8. The first-order chi connectivity index (χ1) is 14.2. The molecule has 0 bridgehead atoms. The van der Waals surface area contributed by atoms with Crippen molar-refractivity contribution in [3.8, 4) is 5.75 Å². The Morgan fingerprint density at radius 1 is 1.20 bits per heavy atom. The third kappa shape index (κ3) is 6.20. The number of nitrogens with zero attached hydrogens (tertiary/aromatic N) is 2. The summed E-state index contributed by atoms with van der Waals surface area (Å²) in [6.45, 7) is 10.2. The number of hydrogen-bond donors (Lipinski definition) is 1. The first-order valence-corrected chi connectivity index (χ1v) is 10.6. The van der Waals surface area contributed by atoms with E-state index < -0.39 is 5.85 Å². The topological polar surface area (TPSA) is 44.8 Å². The van der Waals surface area contributed by atoms with E-state index in [4.69, 9.17) is 4.74 Å². The highest BCUT2D eigenvalue weighted by Crippen LogP contribution is 2.23. The molecule has 1 unspecified atom stereocenters. The Bertz CT molecular complexity index is 831. The summed E-state index contributed by atoms with van der Waals surface area (Å²) in [5.41, 5.74) is 3.23. The highest BCUT2D eigenvalue weighted by molar-refractivity contribution is 5.89. The molecule has 0 aromatic heterocycles. The summed E-state index contributed by atoms with van der Waals surface area (Å²) in [7, 11) is 0. The summed E-state index contributed by atoms with van der Waals surface area (Å²) in [5.74, 6) is -1.31. The van der Waals surface area contributed by atoms with Crippen LogP contribution in [0.3, 0.4) is 0 Å². The smallest absolute Gasteiger partial charge is 0.322 e. The lowest BCUT2D eigenvalue weighted by atomic mass is 10.1. The maximum Gasteiger partial charge on any atom is 0.322 e. The van der Waals surface area contributed by atoms with E-state index in [9.17, 15) is 9.18 Å². The van der Waals surface area contributed by atoms with E-state index in [1.54, 1.807) is 24.3 Å². The zero-order valence-corrected chi connectivity index (χ0v) is 18.3. The molecule has 0 radical (unpaired) electrons. The van der Waals surface area contributed by atoms with Gasteiger partial charge in [0, 0.05) is 51.8 Å². The number of carbonyl (C=O) groups is 1. The summed E-state index contributed by atoms with van der Waals surface area (Å²) in [6, 6.07) is 15.5. The first-order valence-electron chi connectivity index (χ1n) is 10.6. The van der Waals surface area contributed by atoms with E-state index in [0.717, 1.165) is 26.1 Å². The number of rotatable bonds is 7. The van der Waals surface area contributed by atoms with E-state index >= 15 is 0 Å². The number of halogens is 1. The molecule has 1 aliphatic rings. The van der Waals surface area contributed by atoms with Crippen LogP contribution in [-0.2, 0) is 6.54 Å². The number of urea groups is 1. The van der Waals surface area contributed by atoms with Gasteiger partial charge in [-0.1, -0.05) is 29.8 Å². The van der Waals surface area contributed by atoms with Gasteiger partial charge in [-0.05, 0) is 50.1 Å². The van der Waals surface area contributed by atoms with Gasteiger partial charge in [-0.3, -0.25) is 4.90 Å². The molecule has 30 heavy (non-hydrogen) atoms. The third-order valence-corrected chi connectivity index (χ3v) is 5.28. The molecule has 0 spiro atoms. The van der Waals surface area contributed by atoms with Crippen molar-refractivity contribution in [2.45, 2.75) is 52.6 Å². The maximum absolute atomic E-state index is 13.6. The van der Waals surface area contributed by atoms with E-state index in [1.165, 1.54) is 25.0 Å². The van der Waals surface area contributed by atoms with Crippen LogP contribution in [0.15, 0.2) is 48.5 Å². The molecule has 1 heterocycles. The second kappa shape index (κ2) is 9.47. The first kappa shape index (κ1) is 22.1. The minimum Gasteiger partial charge on any atom is -0.459 e. The quantitative estimate of drug-likeness (QED) is 0.678. The van der Waals surface area contributed by atoms with Gasteiger partial charge in [-0.2, -0.15) is 4.39 Å². The van der Waals surface area contributed by atoms with Crippen molar-refractivity contribution >= 4 is 11.7 Å². The van der Waals surface area contributed by atoms with Gasteiger partial charge < -0.3 is 15.0 Å². The summed E-state index contributed by atoms with van der Waals surface area (Å²) in [6.07, 6.45) is 0.964. The standard InChI is InChI=1S/C24H32FN3O2/c1-5-28(21-14-15-27(17-21)16-19-8-6-18(2)7-9-19)23(29)26-20-10-12-22(13-11-20)30-24(3,4)25/h6-13,21H,5,14-17H2,1-4H3,(H,26,29). The number of amides is 2. The van der Waals surface area contributed by atoms with Crippen LogP contribution in [0.2, 0.25) is 0 Å². The number of hydrogen-bond acceptors (Lipinski definition) is 3. The van der Waals surface area contributed by atoms with Crippen molar-refractivity contribution in [1.82, 2.24) is 9.80 Å². The number of anilines is 1. The average Bonchev–Trinajstić information content (AvgIpc) is 3.13. The number of aryl methyl sites for hydroxylation is 1. The fourth-order valence-electron chi connectivity index (χ4n) is 3.81. The molecular weight excluding hydrogens is 381 g/mol. The molecule has 2 amide bonds. The van der Waals surface area contributed by atoms with E-state index in [1.807, 2.05) is 11.8 Å². The van der Waals surface area contributed by atoms with Crippen LogP contribution >= 0.6 is 0 Å². The van der Waals surface area contributed by atoms with Crippen molar-refractivity contribution in [3.63, 3.8) is 0 Å². The Kier molecular flexibility index (Phi) is 6.98. The average molecular weight is 414 g/mol. The molecule has 2 aromatic carbocycles. The number of carbonyl (C=O) groups excluding carboxylic acids is 1. The van der Waals surface area contributed by atoms with Crippen molar-refractivity contribution in [1.29, 1.82) is 0 Å². The van der Waals surface area contributed by atoms with Gasteiger partial charge in [0.15, 0.2) is 0 Å². The molecule has 2 aromatic rings. The molecule has 1 saturated heterocycles. The SMILES string of the molecule is CCN(C(=O)Nc1ccc(OC(C)(C)F)cc1)C1CCN(Cc2ccc(C)cc2)C1. The van der Waals surface area contributed by atoms with Crippen molar-refractivity contribution < 1.29 is 13.9 Å². The molecule has 1 fully saturated rings. The van der Waals surface area contributed by atoms with Crippen LogP contribution in [-0.4, -0.2) is 47.4 Å². The maximum atomic E-state index is 13.6. The fraction of sp³-hybridized carbons (Fsp3) is 0.458. The van der Waals surface area contributed by atoms with Crippen LogP contribution in [0.25, 0.3) is 0 Å². The molecule has 5 nitrogen and oxygen atoms in total. The van der Waals surface area contributed by atoms with Gasteiger partial charge in [0.05, 0.1) is 0 Å². The Morgan fingerprint density at radius 2 is 1.87 bits per heavy atom. The highest BCUT2D eigenvalue weighted by Gasteiger charge is 2.30. The molecule has 3 rings (SSSR count). The normalized spacial score (nSPS) is 17.0. The largest absolute Gasteiger partial charge is 0.459 e. The Labute approximate surface area is 178 Å². The van der Waals surface area contributed by atoms with Crippen LogP contribution in [0, 0.1) is 6.92 Å². The van der Waals surface area contributed by atoms with Crippen molar-refractivity contribution in [2.75, 3.05) is 25.0 Å². The van der Waals surface area contributed by atoms with Crippen LogP contribution in [0.5, 0.6) is 5.75 Å². The molecule has 1 N–H and O–H groups in total. The summed E-state index contributed by atoms with van der Waals surface area (Å²) in [4.78, 5) is 17.1. The molecule has 162 valence electrons. The van der Waals surface area contributed by atoms with Gasteiger partial charge in [-0.25, -0.2) is 4.79 Å². The predicted octanol–water partition coefficient (Wildman–Crippen LogP) is 5.21. The predicted molar refractivity (Wildman–Crippen MR) is 119 cm³/mol. The van der Waals surface area contributed by atoms with Gasteiger partial charge in [0.1, 0.15) is 5.75 Å². The number of likely N-dealkylation sites (N-methyl/N-ethyl adjacent to an activating group) is 1. The summed E-state index contributed by atoms with van der Waals surface area (Å²) >= 11 is 0. The van der Waals surface area contributed by atoms with Crippen LogP contribution in [0.1, 0.15) is 38.3 Å². The Morgan fingerprint density at radius 3 is 2.47 bits per heavy atom. The molecule has 1 atom stereocenters. The third-order valence-electron chi connectivity index (χ3n) is 5.28. The van der Waals surface area contributed by atoms with Gasteiger partial charge >= 0.3 is 6.03 Å². The van der Waals surface area contributed by atoms with E-state index in [-0.39, 0.29) is 12.1 Å². The molecule has 0 aliphatic carbocycles. The van der Waals surface area contributed by atoms with Gasteiger partial charge in [0.25, 0.3) is 0 Å². The Hall–Kier alpha value is -2.60. The summed E-state index contributed by atoms with van der Waals surface area (Å²) in [5, 5.41) is 2.95. The number of likely N-dealkylation sites (tertiary alicyclic amines) is 1. The zero-order valence-electron chi connectivity index (χ0n) is 18.3. The van der Waals surface area contributed by atoms with E-state index in [2.05, 4.69) is 41.4 Å². The highest BCUT2D eigenvalue weighted by atomic mass is 19.2. The molecular formula is C24H32FN3O2. The number of ether oxygens (including phenoxy) is 1. The van der Waals surface area contributed by atoms with Crippen LogP contribution in [0.4, 0.5) is 14.9 Å². The molecule has 1 aliphatic heterocycles. The number of benzene rings is 2. The number of nitrogens with one attached hydrogen (secondary N) is 1. The van der Waals surface area contributed by atoms with Gasteiger partial charge in [0.2, 0.25) is 5.85 Å². The molecule has 6 heteroatoms. The second-order valence-corrected chi connectivity index (χ2v) is 8.37. The van der Waals surface area contributed by atoms with E-state index in [0.29, 0.717) is 18.0 Å². The van der Waals surface area contributed by atoms with Crippen molar-refractivity contribution in [3.05, 3.63) is 59.7 Å². The zero-order chi connectivity index (χ0) is 21.7. The monoisotopic (exact) mass is 413 g/mol. The van der Waals surface area contributed by atoms with Crippen molar-refractivity contribution in [2.24, 2.45) is 0 Å².